The molecule has 5 atom stereocenters. The van der Waals surface area contributed by atoms with Gasteiger partial charge in [0.1, 0.15) is 19.3 Å². The van der Waals surface area contributed by atoms with E-state index in [1.807, 2.05) is 12.2 Å². The molecular formula is C85H142O17P2. The van der Waals surface area contributed by atoms with Gasteiger partial charge in [-0.3, -0.25) is 37.3 Å². The summed E-state index contributed by atoms with van der Waals surface area (Å²) in [6, 6.07) is 0. The topological polar surface area (TPSA) is 237 Å². The second-order valence-corrected chi connectivity index (χ2v) is 29.2. The molecule has 0 aromatic carbocycles. The Hall–Kier alpha value is -5.06. The zero-order chi connectivity index (χ0) is 76.0. The number of allylic oxidation sites excluding steroid dienone is 23. The number of rotatable bonds is 74. The molecule has 0 fully saturated rings. The zero-order valence-electron chi connectivity index (χ0n) is 64.9. The van der Waals surface area contributed by atoms with E-state index in [1.165, 1.54) is 83.5 Å². The van der Waals surface area contributed by atoms with Crippen molar-refractivity contribution in [2.24, 2.45) is 0 Å². The Bertz CT molecular complexity index is 2540. The Kier molecular flexibility index (Phi) is 72.4. The maximum atomic E-state index is 13.1. The smallest absolute Gasteiger partial charge is 0.462 e. The molecule has 0 rings (SSSR count). The van der Waals surface area contributed by atoms with Gasteiger partial charge in [0.2, 0.25) is 0 Å². The molecular weight excluding hydrogens is 1350 g/mol. The lowest BCUT2D eigenvalue weighted by Crippen LogP contribution is -2.30. The van der Waals surface area contributed by atoms with Crippen LogP contribution in [-0.2, 0) is 65.4 Å². The summed E-state index contributed by atoms with van der Waals surface area (Å²) in [7, 11) is -10.0. The first-order valence-corrected chi connectivity index (χ1v) is 43.1. The molecule has 0 bridgehead atoms. The van der Waals surface area contributed by atoms with Crippen molar-refractivity contribution < 1.29 is 80.2 Å². The van der Waals surface area contributed by atoms with Crippen LogP contribution in [0.2, 0.25) is 0 Å². The standard InChI is InChI=1S/C85H142O17P2/c1-5-9-13-17-21-25-29-33-37-38-39-40-44-46-50-54-58-62-66-70-83(88)96-76-81(102-85(90)72-68-64-60-56-52-48-43-36-32-28-24-20-16-12-8-4)78-100-104(93,94)98-74-79(86)73-97-103(91,92)99-77-80(101-84(89)71-67-63-59-55-51-47-42-35-31-27-23-19-15-11-7-3)75-95-82(87)69-65-61-57-53-49-45-41-34-30-26-22-18-14-10-6-2/h10,12,14,16,21-22,24-26,28,33-34,36-37,39-41,43,49,52-53,56,64,68,79-81,86H,5-9,11,13,15,17-20,23,27,29-32,35,38,42,44-48,50-51,54-55,57-63,65-67,69-78H2,1-4H3,(H,91,92)(H,93,94)/b14-10-,16-12-,25-21-,26-22-,28-24-,37-33-,40-39-,41-34-,43-36-,53-49-,56-52-,68-64-. The SMILES string of the molecule is CC/C=C\C/C=C\C/C=C\C/C=C\C/C=C\CC(=O)OC(COC(=O)CCCCCCCC/C=C\C/C=C\C/C=C\CCCCC)COP(=O)(O)OCC(O)COP(=O)(O)OCC(COC(=O)CCCC/C=C\C/C=C\C/C=C\C/C=C\CC)OC(=O)CCCCCCCCCCCCCCCCC. The van der Waals surface area contributed by atoms with Crippen molar-refractivity contribution in [3.63, 3.8) is 0 Å². The van der Waals surface area contributed by atoms with E-state index in [4.69, 9.17) is 37.0 Å². The number of aliphatic hydroxyl groups is 1. The highest BCUT2D eigenvalue weighted by Crippen LogP contribution is 2.45. The van der Waals surface area contributed by atoms with E-state index >= 15 is 0 Å². The molecule has 0 heterocycles. The zero-order valence-corrected chi connectivity index (χ0v) is 66.7. The first-order valence-electron chi connectivity index (χ1n) is 40.1. The predicted molar refractivity (Wildman–Crippen MR) is 427 cm³/mol. The van der Waals surface area contributed by atoms with Gasteiger partial charge in [-0.15, -0.1) is 0 Å². The number of hydrogen-bond donors (Lipinski definition) is 3. The lowest BCUT2D eigenvalue weighted by molar-refractivity contribution is -0.161. The van der Waals surface area contributed by atoms with Crippen molar-refractivity contribution in [2.75, 3.05) is 39.6 Å². The van der Waals surface area contributed by atoms with Gasteiger partial charge < -0.3 is 33.8 Å². The van der Waals surface area contributed by atoms with Gasteiger partial charge in [0.15, 0.2) is 12.2 Å². The second kappa shape index (κ2) is 76.1. The van der Waals surface area contributed by atoms with Crippen LogP contribution in [0.25, 0.3) is 0 Å². The van der Waals surface area contributed by atoms with E-state index in [0.29, 0.717) is 25.7 Å². The number of aliphatic hydroxyl groups excluding tert-OH is 1. The summed E-state index contributed by atoms with van der Waals surface area (Å²) in [6.45, 7) is 4.46. The van der Waals surface area contributed by atoms with Gasteiger partial charge in [-0.2, -0.15) is 0 Å². The Morgan fingerprint density at radius 3 is 0.894 bits per heavy atom. The predicted octanol–water partition coefficient (Wildman–Crippen LogP) is 23.4. The number of esters is 4. The molecule has 19 heteroatoms. The van der Waals surface area contributed by atoms with Crippen LogP contribution in [0.5, 0.6) is 0 Å². The van der Waals surface area contributed by atoms with Crippen molar-refractivity contribution in [1.82, 2.24) is 0 Å². The average molecular weight is 1500 g/mol. The third-order valence-electron chi connectivity index (χ3n) is 16.3. The molecule has 0 aromatic heterocycles. The van der Waals surface area contributed by atoms with E-state index < -0.39 is 97.5 Å². The summed E-state index contributed by atoms with van der Waals surface area (Å²) >= 11 is 0. The molecule has 0 radical (unpaired) electrons. The largest absolute Gasteiger partial charge is 0.472 e. The van der Waals surface area contributed by atoms with Crippen molar-refractivity contribution in [2.45, 2.75) is 329 Å². The number of unbranched alkanes of at least 4 members (excludes halogenated alkanes) is 25. The summed E-state index contributed by atoms with van der Waals surface area (Å²) in [5.74, 6) is -2.38. The van der Waals surface area contributed by atoms with E-state index in [2.05, 4.69) is 149 Å². The summed E-state index contributed by atoms with van der Waals surface area (Å²) < 4.78 is 68.4. The molecule has 0 aromatic rings. The highest BCUT2D eigenvalue weighted by Gasteiger charge is 2.30. The second-order valence-electron chi connectivity index (χ2n) is 26.3. The molecule has 594 valence electrons. The molecule has 0 aliphatic rings. The van der Waals surface area contributed by atoms with Crippen molar-refractivity contribution >= 4 is 39.5 Å². The van der Waals surface area contributed by atoms with Crippen LogP contribution in [0.1, 0.15) is 310 Å². The van der Waals surface area contributed by atoms with Crippen LogP contribution in [0, 0.1) is 0 Å². The fourth-order valence-corrected chi connectivity index (χ4v) is 11.9. The van der Waals surface area contributed by atoms with Crippen molar-refractivity contribution in [3.8, 4) is 0 Å². The lowest BCUT2D eigenvalue weighted by atomic mass is 10.0. The lowest BCUT2D eigenvalue weighted by Gasteiger charge is -2.21. The van der Waals surface area contributed by atoms with Crippen molar-refractivity contribution in [1.29, 1.82) is 0 Å². The molecule has 0 spiro atoms. The van der Waals surface area contributed by atoms with Crippen molar-refractivity contribution in [3.05, 3.63) is 146 Å². The molecule has 104 heavy (non-hydrogen) atoms. The average Bonchev–Trinajstić information content (AvgIpc) is 0.999. The Morgan fingerprint density at radius 1 is 0.288 bits per heavy atom. The van der Waals surface area contributed by atoms with Gasteiger partial charge in [-0.25, -0.2) is 9.13 Å². The number of phosphoric acid groups is 2. The number of carbonyl (C=O) groups excluding carboxylic acids is 4. The maximum Gasteiger partial charge on any atom is 0.472 e. The molecule has 0 aliphatic heterocycles. The number of phosphoric ester groups is 2. The van der Waals surface area contributed by atoms with Gasteiger partial charge in [0.05, 0.1) is 32.8 Å². The van der Waals surface area contributed by atoms with Crippen LogP contribution in [0.3, 0.4) is 0 Å². The molecule has 3 N–H and O–H groups in total. The summed E-state index contributed by atoms with van der Waals surface area (Å²) in [6.07, 6.45) is 87.2. The van der Waals surface area contributed by atoms with Crippen LogP contribution >= 0.6 is 15.6 Å². The van der Waals surface area contributed by atoms with Crippen LogP contribution in [0.15, 0.2) is 146 Å². The van der Waals surface area contributed by atoms with Gasteiger partial charge in [0, 0.05) is 19.3 Å². The molecule has 5 unspecified atom stereocenters. The summed E-state index contributed by atoms with van der Waals surface area (Å²) in [4.78, 5) is 73.0. The van der Waals surface area contributed by atoms with Crippen LogP contribution < -0.4 is 0 Å². The fourth-order valence-electron chi connectivity index (χ4n) is 10.3. The van der Waals surface area contributed by atoms with Gasteiger partial charge in [-0.05, 0) is 128 Å². The minimum absolute atomic E-state index is 0.0829. The fraction of sp³-hybridized carbons (Fsp3) is 0.671. The maximum absolute atomic E-state index is 13.1. The van der Waals surface area contributed by atoms with Crippen LogP contribution in [0.4, 0.5) is 0 Å². The van der Waals surface area contributed by atoms with E-state index in [-0.39, 0.29) is 25.7 Å². The number of ether oxygens (including phenoxy) is 4. The number of hydrogen-bond acceptors (Lipinski definition) is 15. The van der Waals surface area contributed by atoms with E-state index in [9.17, 15) is 43.2 Å². The summed E-state index contributed by atoms with van der Waals surface area (Å²) in [5, 5.41) is 10.6. The van der Waals surface area contributed by atoms with E-state index in [0.717, 1.165) is 148 Å². The minimum Gasteiger partial charge on any atom is -0.462 e. The normalized spacial score (nSPS) is 14.6. The molecule has 0 saturated heterocycles. The van der Waals surface area contributed by atoms with Crippen LogP contribution in [-0.4, -0.2) is 96.7 Å². The van der Waals surface area contributed by atoms with Gasteiger partial charge >= 0.3 is 39.5 Å². The molecule has 0 amide bonds. The number of carbonyl (C=O) groups is 4. The first-order chi connectivity index (χ1) is 50.7. The van der Waals surface area contributed by atoms with Gasteiger partial charge in [-0.1, -0.05) is 302 Å². The highest BCUT2D eigenvalue weighted by molar-refractivity contribution is 7.47. The Labute approximate surface area is 630 Å². The third kappa shape index (κ3) is 75.2. The monoisotopic (exact) mass is 1500 g/mol. The van der Waals surface area contributed by atoms with E-state index in [1.54, 1.807) is 12.2 Å². The molecule has 0 saturated carbocycles. The molecule has 17 nitrogen and oxygen atoms in total. The molecule has 0 aliphatic carbocycles. The Morgan fingerprint density at radius 2 is 0.538 bits per heavy atom. The quantitative estimate of drug-likeness (QED) is 0.0169. The minimum atomic E-state index is -5.01. The third-order valence-corrected chi connectivity index (χ3v) is 18.2. The summed E-state index contributed by atoms with van der Waals surface area (Å²) in [5.41, 5.74) is 0. The highest BCUT2D eigenvalue weighted by atomic mass is 31.2. The Balaban J connectivity index is 5.46. The first kappa shape index (κ1) is 98.9. The van der Waals surface area contributed by atoms with Gasteiger partial charge in [0.25, 0.3) is 0 Å².